The van der Waals surface area contributed by atoms with Gasteiger partial charge in [-0.05, 0) is 0 Å². The van der Waals surface area contributed by atoms with Crippen LogP contribution in [-0.4, -0.2) is 30.0 Å². The molecule has 3 amide bonds. The van der Waals surface area contributed by atoms with E-state index in [0.29, 0.717) is 5.01 Å². The van der Waals surface area contributed by atoms with Crippen LogP contribution in [0.25, 0.3) is 0 Å². The average Bonchev–Trinajstić information content (AvgIpc) is 2.35. The quantitative estimate of drug-likeness (QED) is 0.522. The van der Waals surface area contributed by atoms with E-state index in [1.165, 1.54) is 0 Å². The maximum Gasteiger partial charge on any atom is 0.426 e. The van der Waals surface area contributed by atoms with E-state index in [9.17, 15) is 14.4 Å². The Hall–Kier alpha value is -1.85. The predicted molar refractivity (Wildman–Crippen MR) is 36.5 cm³/mol. The van der Waals surface area contributed by atoms with Gasteiger partial charge in [-0.1, -0.05) is 0 Å². The standard InChI is InChI=1S/C6H6N2O4/c1-12-6(11)7-8-4(9)2-3-5(8)10/h2-3H,1H3,(H,7,11). The molecular weight excluding hydrogens is 164 g/mol. The Morgan fingerprint density at radius 1 is 1.42 bits per heavy atom. The number of carbonyl (C=O) groups excluding carboxylic acids is 3. The normalized spacial score (nSPS) is 15.2. The Balaban J connectivity index is 2.59. The Labute approximate surface area is 67.7 Å². The van der Waals surface area contributed by atoms with Gasteiger partial charge in [-0.2, -0.15) is 5.01 Å². The Bertz CT molecular complexity index is 253. The first-order valence-corrected chi connectivity index (χ1v) is 3.06. The van der Waals surface area contributed by atoms with Crippen molar-refractivity contribution in [1.29, 1.82) is 0 Å². The lowest BCUT2D eigenvalue weighted by molar-refractivity contribution is -0.139. The van der Waals surface area contributed by atoms with Crippen LogP contribution in [0.5, 0.6) is 0 Å². The van der Waals surface area contributed by atoms with Crippen LogP contribution in [-0.2, 0) is 14.3 Å². The number of nitrogens with zero attached hydrogens (tertiary/aromatic N) is 1. The molecule has 6 nitrogen and oxygen atoms in total. The summed E-state index contributed by atoms with van der Waals surface area (Å²) in [6, 6.07) is 0. The molecule has 1 aliphatic heterocycles. The monoisotopic (exact) mass is 170 g/mol. The Morgan fingerprint density at radius 2 is 1.92 bits per heavy atom. The molecule has 6 heteroatoms. The number of nitrogens with one attached hydrogen (secondary N) is 1. The van der Waals surface area contributed by atoms with E-state index in [1.54, 1.807) is 0 Å². The van der Waals surface area contributed by atoms with Gasteiger partial charge in [0.25, 0.3) is 11.8 Å². The minimum absolute atomic E-state index is 0.561. The van der Waals surface area contributed by atoms with E-state index in [2.05, 4.69) is 4.74 Å². The number of imide groups is 1. The number of hydrogen-bond donors (Lipinski definition) is 1. The fourth-order valence-corrected chi connectivity index (χ4v) is 0.647. The maximum absolute atomic E-state index is 10.8. The second-order valence-electron chi connectivity index (χ2n) is 1.95. The maximum atomic E-state index is 10.8. The summed E-state index contributed by atoms with van der Waals surface area (Å²) in [5.74, 6) is -1.18. The van der Waals surface area contributed by atoms with Gasteiger partial charge in [0.15, 0.2) is 0 Å². The zero-order valence-electron chi connectivity index (χ0n) is 6.23. The van der Waals surface area contributed by atoms with E-state index in [1.807, 2.05) is 5.43 Å². The number of amides is 3. The molecule has 0 aromatic heterocycles. The molecule has 0 atom stereocenters. The van der Waals surface area contributed by atoms with Crippen LogP contribution < -0.4 is 5.43 Å². The molecule has 0 spiro atoms. The van der Waals surface area contributed by atoms with Crippen molar-refractivity contribution in [2.75, 3.05) is 7.11 Å². The molecule has 1 aliphatic rings. The van der Waals surface area contributed by atoms with Crippen LogP contribution in [0.15, 0.2) is 12.2 Å². The van der Waals surface area contributed by atoms with Gasteiger partial charge in [0, 0.05) is 12.2 Å². The highest BCUT2D eigenvalue weighted by molar-refractivity contribution is 6.13. The molecule has 1 rings (SSSR count). The molecule has 0 saturated heterocycles. The number of methoxy groups -OCH3 is 1. The molecule has 0 aliphatic carbocycles. The molecule has 0 aromatic rings. The molecule has 0 bridgehead atoms. The summed E-state index contributed by atoms with van der Waals surface area (Å²) in [6.07, 6.45) is 1.25. The van der Waals surface area contributed by atoms with Crippen molar-refractivity contribution in [3.63, 3.8) is 0 Å². The highest BCUT2D eigenvalue weighted by atomic mass is 16.5. The summed E-state index contributed by atoms with van der Waals surface area (Å²) in [7, 11) is 1.13. The fraction of sp³-hybridized carbons (Fsp3) is 0.167. The summed E-state index contributed by atoms with van der Waals surface area (Å²) in [5.41, 5.74) is 1.94. The van der Waals surface area contributed by atoms with Crippen molar-refractivity contribution in [3.05, 3.63) is 12.2 Å². The van der Waals surface area contributed by atoms with E-state index in [0.717, 1.165) is 19.3 Å². The number of rotatable bonds is 1. The van der Waals surface area contributed by atoms with Crippen molar-refractivity contribution in [2.24, 2.45) is 0 Å². The number of hydrazine groups is 1. The van der Waals surface area contributed by atoms with Gasteiger partial charge < -0.3 is 4.74 Å². The first kappa shape index (κ1) is 8.25. The topological polar surface area (TPSA) is 75.7 Å². The summed E-state index contributed by atoms with van der Waals surface area (Å²) in [5, 5.41) is 0.561. The largest absolute Gasteiger partial charge is 0.452 e. The fourth-order valence-electron chi connectivity index (χ4n) is 0.647. The highest BCUT2D eigenvalue weighted by Crippen LogP contribution is 1.98. The molecule has 1 heterocycles. The SMILES string of the molecule is COC(=O)NN1C(=O)C=CC1=O. The number of hydrogen-bond acceptors (Lipinski definition) is 4. The zero-order valence-corrected chi connectivity index (χ0v) is 6.23. The molecule has 1 N–H and O–H groups in total. The summed E-state index contributed by atoms with van der Waals surface area (Å²) in [4.78, 5) is 32.1. The van der Waals surface area contributed by atoms with Crippen LogP contribution in [0.4, 0.5) is 4.79 Å². The lowest BCUT2D eigenvalue weighted by Gasteiger charge is -2.12. The van der Waals surface area contributed by atoms with E-state index >= 15 is 0 Å². The smallest absolute Gasteiger partial charge is 0.426 e. The van der Waals surface area contributed by atoms with E-state index in [-0.39, 0.29) is 0 Å². The van der Waals surface area contributed by atoms with Gasteiger partial charge in [-0.25, -0.2) is 10.2 Å². The van der Waals surface area contributed by atoms with Crippen LogP contribution in [0.2, 0.25) is 0 Å². The highest BCUT2D eigenvalue weighted by Gasteiger charge is 2.25. The van der Waals surface area contributed by atoms with Crippen molar-refractivity contribution in [2.45, 2.75) is 0 Å². The molecule has 0 aromatic carbocycles. The van der Waals surface area contributed by atoms with Gasteiger partial charge in [0.1, 0.15) is 0 Å². The second-order valence-corrected chi connectivity index (χ2v) is 1.95. The lowest BCUT2D eigenvalue weighted by atomic mass is 10.6. The molecular formula is C6H6N2O4. The van der Waals surface area contributed by atoms with Gasteiger partial charge in [-0.3, -0.25) is 9.59 Å². The van der Waals surface area contributed by atoms with Crippen LogP contribution in [0, 0.1) is 0 Å². The molecule has 0 unspecified atom stereocenters. The van der Waals surface area contributed by atoms with Gasteiger partial charge in [-0.15, -0.1) is 0 Å². The summed E-state index contributed by atoms with van der Waals surface area (Å²) in [6.45, 7) is 0. The molecule has 0 saturated carbocycles. The first-order chi connectivity index (χ1) is 5.65. The van der Waals surface area contributed by atoms with Crippen LogP contribution >= 0.6 is 0 Å². The zero-order chi connectivity index (χ0) is 9.14. The molecule has 0 fully saturated rings. The first-order valence-electron chi connectivity index (χ1n) is 3.06. The predicted octanol–water partition coefficient (Wildman–Crippen LogP) is -0.818. The minimum atomic E-state index is -0.861. The van der Waals surface area contributed by atoms with Crippen molar-refractivity contribution < 1.29 is 19.1 Å². The molecule has 12 heavy (non-hydrogen) atoms. The number of ether oxygens (including phenoxy) is 1. The second kappa shape index (κ2) is 3.04. The van der Waals surface area contributed by atoms with Crippen LogP contribution in [0.3, 0.4) is 0 Å². The third-order valence-electron chi connectivity index (χ3n) is 1.20. The number of carbonyl (C=O) groups is 3. The van der Waals surface area contributed by atoms with Crippen LogP contribution in [0.1, 0.15) is 0 Å². The van der Waals surface area contributed by atoms with Gasteiger partial charge in [0.2, 0.25) is 0 Å². The van der Waals surface area contributed by atoms with Crippen molar-refractivity contribution >= 4 is 17.9 Å². The Morgan fingerprint density at radius 3 is 2.33 bits per heavy atom. The van der Waals surface area contributed by atoms with Gasteiger partial charge >= 0.3 is 6.09 Å². The average molecular weight is 170 g/mol. The summed E-state index contributed by atoms with van der Waals surface area (Å²) >= 11 is 0. The summed E-state index contributed by atoms with van der Waals surface area (Å²) < 4.78 is 4.18. The van der Waals surface area contributed by atoms with E-state index < -0.39 is 17.9 Å². The molecule has 0 radical (unpaired) electrons. The third kappa shape index (κ3) is 1.42. The van der Waals surface area contributed by atoms with Gasteiger partial charge in [0.05, 0.1) is 7.11 Å². The molecule has 64 valence electrons. The van der Waals surface area contributed by atoms with E-state index in [4.69, 9.17) is 0 Å². The van der Waals surface area contributed by atoms with Crippen molar-refractivity contribution in [1.82, 2.24) is 10.4 Å². The lowest BCUT2D eigenvalue weighted by Crippen LogP contribution is -2.45. The third-order valence-corrected chi connectivity index (χ3v) is 1.20. The van der Waals surface area contributed by atoms with Crippen molar-refractivity contribution in [3.8, 4) is 0 Å². The minimum Gasteiger partial charge on any atom is -0.452 e. The Kier molecular flexibility index (Phi) is 2.09.